The Morgan fingerprint density at radius 2 is 1.91 bits per heavy atom. The minimum atomic E-state index is -0.565. The highest BCUT2D eigenvalue weighted by molar-refractivity contribution is 5.91. The number of aromatic nitrogens is 3. The van der Waals surface area contributed by atoms with Crippen LogP contribution in [0.2, 0.25) is 0 Å². The number of Topliss-reactive ketones (excluding diaryl/α,β-unsaturated/α-hetero) is 1. The molecule has 1 spiro atoms. The molecule has 0 bridgehead atoms. The summed E-state index contributed by atoms with van der Waals surface area (Å²) in [6, 6.07) is 2.20. The Hall–Kier alpha value is -3.21. The quantitative estimate of drug-likeness (QED) is 0.436. The average molecular weight is 609 g/mol. The maximum atomic E-state index is 13.3. The fourth-order valence-corrected chi connectivity index (χ4v) is 7.66. The van der Waals surface area contributed by atoms with Crippen LogP contribution in [0.25, 0.3) is 11.5 Å². The second-order valence-corrected chi connectivity index (χ2v) is 14.3. The number of likely N-dealkylation sites (tertiary alicyclic amines) is 1. The van der Waals surface area contributed by atoms with Crippen molar-refractivity contribution in [1.82, 2.24) is 24.9 Å². The highest BCUT2D eigenvalue weighted by Crippen LogP contribution is 2.47. The smallest absolute Gasteiger partial charge is 0.410 e. The van der Waals surface area contributed by atoms with Crippen molar-refractivity contribution in [2.45, 2.75) is 121 Å². The lowest BCUT2D eigenvalue weighted by molar-refractivity contribution is -0.128. The lowest BCUT2D eigenvalue weighted by Crippen LogP contribution is -2.42. The van der Waals surface area contributed by atoms with E-state index in [-0.39, 0.29) is 24.0 Å². The summed E-state index contributed by atoms with van der Waals surface area (Å²) >= 11 is 0. The van der Waals surface area contributed by atoms with Crippen LogP contribution in [-0.2, 0) is 21.4 Å². The summed E-state index contributed by atoms with van der Waals surface area (Å²) in [6.45, 7) is 10.1. The highest BCUT2D eigenvalue weighted by Gasteiger charge is 2.48. The monoisotopic (exact) mass is 608 g/mol. The van der Waals surface area contributed by atoms with Gasteiger partial charge in [-0.3, -0.25) is 9.69 Å². The van der Waals surface area contributed by atoms with Gasteiger partial charge in [-0.2, -0.15) is 4.98 Å². The van der Waals surface area contributed by atoms with Gasteiger partial charge in [0.2, 0.25) is 5.88 Å². The molecular weight excluding hydrogens is 560 g/mol. The second kappa shape index (κ2) is 11.9. The Labute approximate surface area is 260 Å². The summed E-state index contributed by atoms with van der Waals surface area (Å²) in [6.07, 6.45) is 8.52. The molecule has 4 aliphatic rings. The number of amides is 1. The van der Waals surface area contributed by atoms with Crippen LogP contribution in [0, 0.1) is 0 Å². The number of nitrogens with zero attached hydrogens (tertiary/aromatic N) is 6. The van der Waals surface area contributed by atoms with Gasteiger partial charge in [0.25, 0.3) is 0 Å². The van der Waals surface area contributed by atoms with Gasteiger partial charge in [0, 0.05) is 44.2 Å². The Morgan fingerprint density at radius 1 is 1.11 bits per heavy atom. The van der Waals surface area contributed by atoms with Crippen molar-refractivity contribution >= 4 is 17.7 Å². The lowest BCUT2D eigenvalue weighted by atomic mass is 9.64. The second-order valence-electron chi connectivity index (χ2n) is 14.3. The summed E-state index contributed by atoms with van der Waals surface area (Å²) in [4.78, 5) is 42.2. The van der Waals surface area contributed by atoms with Crippen LogP contribution in [0.4, 0.5) is 10.6 Å². The number of hydrogen-bond acceptors (Lipinski definition) is 10. The first-order valence-electron chi connectivity index (χ1n) is 16.4. The Balaban J connectivity index is 1.32. The van der Waals surface area contributed by atoms with Gasteiger partial charge in [0.15, 0.2) is 17.3 Å². The van der Waals surface area contributed by atoms with Crippen LogP contribution in [0.3, 0.4) is 0 Å². The number of carbonyl (C=O) groups excluding carboxylic acids is 2. The molecule has 0 radical (unpaired) electrons. The van der Waals surface area contributed by atoms with E-state index in [2.05, 4.69) is 28.9 Å². The third-order valence-corrected chi connectivity index (χ3v) is 10.1. The van der Waals surface area contributed by atoms with Crippen molar-refractivity contribution in [3.8, 4) is 17.4 Å². The van der Waals surface area contributed by atoms with Crippen molar-refractivity contribution in [2.75, 3.05) is 38.6 Å². The van der Waals surface area contributed by atoms with Crippen molar-refractivity contribution in [2.24, 2.45) is 0 Å². The number of hydrogen-bond donors (Lipinski definition) is 0. The predicted molar refractivity (Wildman–Crippen MR) is 166 cm³/mol. The molecule has 2 aromatic rings. The third-order valence-electron chi connectivity index (χ3n) is 10.1. The number of rotatable bonds is 6. The molecule has 11 heteroatoms. The Kier molecular flexibility index (Phi) is 8.36. The standard InChI is InChI=1S/C33H48N6O5/c1-21(24-12-10-17-37(24)5)42-27-19-26(39-18-14-22(20-39)38(6)31(41)43-32(2,3)4)34-30(35-27)28-23-11-9-16-33(29(23)44-36-28)15-8-7-13-25(33)40/h19,21-22,24H,7-18,20H2,1-6H3/t21-,22-,24-,33+/m0/s1. The van der Waals surface area contributed by atoms with E-state index in [4.69, 9.17) is 24.0 Å². The van der Waals surface area contributed by atoms with E-state index in [0.717, 1.165) is 88.0 Å². The average Bonchev–Trinajstić information content (AvgIpc) is 3.73. The van der Waals surface area contributed by atoms with Crippen molar-refractivity contribution in [3.05, 3.63) is 17.4 Å². The van der Waals surface area contributed by atoms with E-state index in [1.807, 2.05) is 26.8 Å². The van der Waals surface area contributed by atoms with Crippen molar-refractivity contribution in [3.63, 3.8) is 0 Å². The molecule has 11 nitrogen and oxygen atoms in total. The molecule has 1 amide bonds. The molecule has 3 fully saturated rings. The molecule has 4 heterocycles. The number of fused-ring (bicyclic) bond motifs is 2. The predicted octanol–water partition coefficient (Wildman–Crippen LogP) is 5.16. The summed E-state index contributed by atoms with van der Waals surface area (Å²) in [5.41, 5.74) is 0.446. The van der Waals surface area contributed by atoms with Gasteiger partial charge in [-0.25, -0.2) is 9.78 Å². The fourth-order valence-electron chi connectivity index (χ4n) is 7.66. The van der Waals surface area contributed by atoms with Crippen molar-refractivity contribution in [1.29, 1.82) is 0 Å². The zero-order valence-electron chi connectivity index (χ0n) is 27.2. The van der Waals surface area contributed by atoms with E-state index in [1.165, 1.54) is 0 Å². The molecule has 2 aliphatic carbocycles. The Morgan fingerprint density at radius 3 is 2.64 bits per heavy atom. The maximum Gasteiger partial charge on any atom is 0.410 e. The van der Waals surface area contributed by atoms with Crippen LogP contribution in [0.15, 0.2) is 10.6 Å². The first kappa shape index (κ1) is 30.8. The van der Waals surface area contributed by atoms with E-state index >= 15 is 0 Å². The molecule has 2 aromatic heterocycles. The Bertz CT molecular complexity index is 1390. The van der Waals surface area contributed by atoms with Gasteiger partial charge in [0.05, 0.1) is 11.5 Å². The number of carbonyl (C=O) groups is 2. The molecule has 240 valence electrons. The first-order valence-corrected chi connectivity index (χ1v) is 16.4. The maximum absolute atomic E-state index is 13.3. The molecule has 1 saturated carbocycles. The van der Waals surface area contributed by atoms with Gasteiger partial charge < -0.3 is 23.8 Å². The lowest BCUT2D eigenvalue weighted by Gasteiger charge is -2.36. The molecular formula is C33H48N6O5. The molecule has 44 heavy (non-hydrogen) atoms. The topological polar surface area (TPSA) is 114 Å². The van der Waals surface area contributed by atoms with Crippen LogP contribution in [0.5, 0.6) is 5.88 Å². The normalized spacial score (nSPS) is 26.6. The molecule has 4 atom stereocenters. The van der Waals surface area contributed by atoms with Gasteiger partial charge in [-0.1, -0.05) is 11.6 Å². The molecule has 2 saturated heterocycles. The molecule has 0 aromatic carbocycles. The van der Waals surface area contributed by atoms with Gasteiger partial charge >= 0.3 is 6.09 Å². The largest absolute Gasteiger partial charge is 0.473 e. The van der Waals surface area contributed by atoms with E-state index in [9.17, 15) is 9.59 Å². The fraction of sp³-hybridized carbons (Fsp3) is 0.727. The van der Waals surface area contributed by atoms with E-state index in [0.29, 0.717) is 36.4 Å². The molecule has 2 aliphatic heterocycles. The zero-order chi connectivity index (χ0) is 31.2. The summed E-state index contributed by atoms with van der Waals surface area (Å²) in [7, 11) is 3.94. The van der Waals surface area contributed by atoms with Gasteiger partial charge in [-0.15, -0.1) is 0 Å². The molecule has 6 rings (SSSR count). The summed E-state index contributed by atoms with van der Waals surface area (Å²) in [5, 5.41) is 4.53. The molecule has 0 unspecified atom stereocenters. The van der Waals surface area contributed by atoms with Crippen LogP contribution in [-0.4, -0.2) is 94.3 Å². The third kappa shape index (κ3) is 5.91. The highest BCUT2D eigenvalue weighted by atomic mass is 16.6. The molecule has 0 N–H and O–H groups in total. The van der Waals surface area contributed by atoms with Gasteiger partial charge in [-0.05, 0) is 92.7 Å². The minimum Gasteiger partial charge on any atom is -0.473 e. The summed E-state index contributed by atoms with van der Waals surface area (Å²) < 4.78 is 18.2. The SMILES string of the molecule is C[C@H](Oc1cc(N2CC[C@H](N(C)C(=O)OC(C)(C)C)C2)nc(-c2noc3c2CCC[C@@]32CCCCC2=O)n1)[C@@H]1CCCN1C. The number of ketones is 1. The van der Waals surface area contributed by atoms with Crippen LogP contribution in [0.1, 0.15) is 96.8 Å². The van der Waals surface area contributed by atoms with Gasteiger partial charge in [0.1, 0.15) is 23.3 Å². The zero-order valence-corrected chi connectivity index (χ0v) is 27.2. The van der Waals surface area contributed by atoms with Crippen LogP contribution >= 0.6 is 0 Å². The van der Waals surface area contributed by atoms with Crippen molar-refractivity contribution < 1.29 is 23.6 Å². The van der Waals surface area contributed by atoms with Crippen LogP contribution < -0.4 is 9.64 Å². The van der Waals surface area contributed by atoms with E-state index < -0.39 is 11.0 Å². The minimum absolute atomic E-state index is 0.0179. The van der Waals surface area contributed by atoms with E-state index in [1.54, 1.807) is 11.9 Å². The number of ether oxygens (including phenoxy) is 2. The number of anilines is 1. The number of likely N-dealkylation sites (N-methyl/N-ethyl adjacent to an activating group) is 2. The summed E-state index contributed by atoms with van der Waals surface area (Å²) in [5.74, 6) is 2.68. The first-order chi connectivity index (χ1) is 20.9.